The summed E-state index contributed by atoms with van der Waals surface area (Å²) in [7, 11) is 0. The summed E-state index contributed by atoms with van der Waals surface area (Å²) in [6.45, 7) is 0.648. The van der Waals surface area contributed by atoms with Crippen LogP contribution >= 0.6 is 0 Å². The molecule has 27 heavy (non-hydrogen) atoms. The number of amides is 1. The Morgan fingerprint density at radius 3 is 2.63 bits per heavy atom. The number of fused-ring (bicyclic) bond motifs is 1. The van der Waals surface area contributed by atoms with Gasteiger partial charge in [0.1, 0.15) is 11.5 Å². The lowest BCUT2D eigenvalue weighted by molar-refractivity contribution is -0.119. The van der Waals surface area contributed by atoms with Crippen LogP contribution < -0.4 is 10.1 Å². The minimum Gasteiger partial charge on any atom is -0.457 e. The first-order valence-corrected chi connectivity index (χ1v) is 9.10. The Labute approximate surface area is 158 Å². The van der Waals surface area contributed by atoms with Crippen LogP contribution in [-0.2, 0) is 16.0 Å². The molecule has 1 N–H and O–H groups in total. The van der Waals surface area contributed by atoms with E-state index in [4.69, 9.17) is 9.47 Å². The van der Waals surface area contributed by atoms with Gasteiger partial charge >= 0.3 is 0 Å². The summed E-state index contributed by atoms with van der Waals surface area (Å²) in [4.78, 5) is 12.5. The fraction of sp³-hybridized carbons (Fsp3) is 0.174. The lowest BCUT2D eigenvalue weighted by atomic mass is 9.95. The summed E-state index contributed by atoms with van der Waals surface area (Å²) in [5.41, 5.74) is 3.08. The molecule has 136 valence electrons. The largest absolute Gasteiger partial charge is 0.457 e. The van der Waals surface area contributed by atoms with Crippen molar-refractivity contribution in [3.05, 3.63) is 90.0 Å². The Morgan fingerprint density at radius 1 is 0.963 bits per heavy atom. The maximum atomic E-state index is 12.5. The van der Waals surface area contributed by atoms with Gasteiger partial charge in [0.05, 0.1) is 19.1 Å². The Morgan fingerprint density at radius 2 is 1.74 bits per heavy atom. The van der Waals surface area contributed by atoms with Gasteiger partial charge < -0.3 is 14.8 Å². The lowest BCUT2D eigenvalue weighted by Crippen LogP contribution is -2.22. The van der Waals surface area contributed by atoms with E-state index in [0.717, 1.165) is 17.7 Å². The van der Waals surface area contributed by atoms with Crippen LogP contribution in [0, 0.1) is 0 Å². The number of carbonyl (C=O) groups is 1. The van der Waals surface area contributed by atoms with Crippen molar-refractivity contribution in [2.45, 2.75) is 18.9 Å². The molecule has 1 aliphatic heterocycles. The van der Waals surface area contributed by atoms with E-state index in [1.807, 2.05) is 72.8 Å². The van der Waals surface area contributed by atoms with Crippen molar-refractivity contribution in [1.29, 1.82) is 0 Å². The quantitative estimate of drug-likeness (QED) is 0.688. The van der Waals surface area contributed by atoms with Gasteiger partial charge in [0, 0.05) is 11.8 Å². The fourth-order valence-corrected chi connectivity index (χ4v) is 3.29. The van der Waals surface area contributed by atoms with Crippen LogP contribution in [0.3, 0.4) is 0 Å². The number of hydrogen-bond acceptors (Lipinski definition) is 3. The van der Waals surface area contributed by atoms with Gasteiger partial charge in [0.15, 0.2) is 0 Å². The molecule has 0 saturated carbocycles. The van der Waals surface area contributed by atoms with E-state index in [-0.39, 0.29) is 12.0 Å². The number of anilines is 1. The standard InChI is InChI=1S/C23H21NO3/c25-23(16-22-21-12-5-4-7-17(21)13-14-26-22)24-18-8-6-11-20(15-18)27-19-9-2-1-3-10-19/h1-12,15,22H,13-14,16H2,(H,24,25). The van der Waals surface area contributed by atoms with Crippen LogP contribution in [0.4, 0.5) is 5.69 Å². The van der Waals surface area contributed by atoms with Gasteiger partial charge in [-0.15, -0.1) is 0 Å². The highest BCUT2D eigenvalue weighted by atomic mass is 16.5. The molecule has 0 radical (unpaired) electrons. The minimum absolute atomic E-state index is 0.0754. The van der Waals surface area contributed by atoms with Crippen LogP contribution in [0.5, 0.6) is 11.5 Å². The SMILES string of the molecule is O=C(CC1OCCc2ccccc21)Nc1cccc(Oc2ccccc2)c1. The maximum absolute atomic E-state index is 12.5. The molecule has 0 aromatic heterocycles. The van der Waals surface area contributed by atoms with E-state index in [1.54, 1.807) is 0 Å². The molecule has 1 aliphatic rings. The van der Waals surface area contributed by atoms with Crippen LogP contribution in [0.15, 0.2) is 78.9 Å². The minimum atomic E-state index is -0.196. The highest BCUT2D eigenvalue weighted by Crippen LogP contribution is 2.30. The van der Waals surface area contributed by atoms with Crippen LogP contribution in [0.2, 0.25) is 0 Å². The van der Waals surface area contributed by atoms with Crippen molar-refractivity contribution in [3.8, 4) is 11.5 Å². The van der Waals surface area contributed by atoms with Gasteiger partial charge in [-0.3, -0.25) is 4.79 Å². The van der Waals surface area contributed by atoms with Gasteiger partial charge in [0.2, 0.25) is 5.91 Å². The molecule has 4 nitrogen and oxygen atoms in total. The second-order valence-corrected chi connectivity index (χ2v) is 6.50. The van der Waals surface area contributed by atoms with Gasteiger partial charge in [-0.25, -0.2) is 0 Å². The smallest absolute Gasteiger partial charge is 0.227 e. The maximum Gasteiger partial charge on any atom is 0.227 e. The predicted molar refractivity (Wildman–Crippen MR) is 105 cm³/mol. The normalized spacial score (nSPS) is 15.6. The number of carbonyl (C=O) groups excluding carboxylic acids is 1. The number of ether oxygens (including phenoxy) is 2. The summed E-state index contributed by atoms with van der Waals surface area (Å²) in [6.07, 6.45) is 0.993. The molecule has 1 heterocycles. The zero-order valence-electron chi connectivity index (χ0n) is 14.9. The zero-order valence-corrected chi connectivity index (χ0v) is 14.9. The Balaban J connectivity index is 1.41. The van der Waals surface area contributed by atoms with E-state index in [1.165, 1.54) is 5.56 Å². The Kier molecular flexibility index (Phi) is 5.17. The number of benzene rings is 3. The first kappa shape index (κ1) is 17.3. The number of hydrogen-bond donors (Lipinski definition) is 1. The molecule has 1 atom stereocenters. The summed E-state index contributed by atoms with van der Waals surface area (Å²) >= 11 is 0. The predicted octanol–water partition coefficient (Wildman–Crippen LogP) is 5.12. The molecular weight excluding hydrogens is 338 g/mol. The van der Waals surface area contributed by atoms with Crippen molar-refractivity contribution < 1.29 is 14.3 Å². The van der Waals surface area contributed by atoms with Gasteiger partial charge in [-0.1, -0.05) is 48.5 Å². The van der Waals surface area contributed by atoms with Gasteiger partial charge in [-0.2, -0.15) is 0 Å². The third-order valence-corrected chi connectivity index (χ3v) is 4.56. The second kappa shape index (κ2) is 8.06. The third-order valence-electron chi connectivity index (χ3n) is 4.56. The van der Waals surface area contributed by atoms with Gasteiger partial charge in [0.25, 0.3) is 0 Å². The van der Waals surface area contributed by atoms with Crippen molar-refractivity contribution in [2.75, 3.05) is 11.9 Å². The molecule has 3 aromatic carbocycles. The molecule has 0 bridgehead atoms. The molecule has 0 fully saturated rings. The van der Waals surface area contributed by atoms with Crippen molar-refractivity contribution in [2.24, 2.45) is 0 Å². The van der Waals surface area contributed by atoms with E-state index in [0.29, 0.717) is 24.5 Å². The van der Waals surface area contributed by atoms with E-state index in [9.17, 15) is 4.79 Å². The molecule has 1 unspecified atom stereocenters. The summed E-state index contributed by atoms with van der Waals surface area (Å²) in [5.74, 6) is 1.36. The average molecular weight is 359 g/mol. The molecule has 0 spiro atoms. The summed E-state index contributed by atoms with van der Waals surface area (Å²) in [5, 5.41) is 2.95. The first-order valence-electron chi connectivity index (χ1n) is 9.10. The molecular formula is C23H21NO3. The number of para-hydroxylation sites is 1. The topological polar surface area (TPSA) is 47.6 Å². The Hall–Kier alpha value is -3.11. The molecule has 3 aromatic rings. The lowest BCUT2D eigenvalue weighted by Gasteiger charge is -2.25. The summed E-state index contributed by atoms with van der Waals surface area (Å²) in [6, 6.07) is 25.1. The van der Waals surface area contributed by atoms with Crippen molar-refractivity contribution >= 4 is 11.6 Å². The summed E-state index contributed by atoms with van der Waals surface area (Å²) < 4.78 is 11.7. The molecule has 1 amide bonds. The second-order valence-electron chi connectivity index (χ2n) is 6.50. The van der Waals surface area contributed by atoms with Crippen molar-refractivity contribution in [3.63, 3.8) is 0 Å². The fourth-order valence-electron chi connectivity index (χ4n) is 3.29. The van der Waals surface area contributed by atoms with Crippen LogP contribution in [-0.4, -0.2) is 12.5 Å². The molecule has 0 saturated heterocycles. The zero-order chi connectivity index (χ0) is 18.5. The molecule has 4 heteroatoms. The number of rotatable bonds is 5. The van der Waals surface area contributed by atoms with E-state index in [2.05, 4.69) is 11.4 Å². The number of nitrogens with one attached hydrogen (secondary N) is 1. The van der Waals surface area contributed by atoms with E-state index >= 15 is 0 Å². The first-order chi connectivity index (χ1) is 13.3. The highest BCUT2D eigenvalue weighted by molar-refractivity contribution is 5.91. The van der Waals surface area contributed by atoms with Crippen LogP contribution in [0.1, 0.15) is 23.7 Å². The van der Waals surface area contributed by atoms with Crippen LogP contribution in [0.25, 0.3) is 0 Å². The van der Waals surface area contributed by atoms with E-state index < -0.39 is 0 Å². The monoisotopic (exact) mass is 359 g/mol. The highest BCUT2D eigenvalue weighted by Gasteiger charge is 2.23. The molecule has 4 rings (SSSR count). The molecule has 0 aliphatic carbocycles. The van der Waals surface area contributed by atoms with Gasteiger partial charge in [-0.05, 0) is 41.8 Å². The average Bonchev–Trinajstić information content (AvgIpc) is 2.69. The Bertz CT molecular complexity index is 924. The van der Waals surface area contributed by atoms with Crippen molar-refractivity contribution in [1.82, 2.24) is 0 Å². The third kappa shape index (κ3) is 4.36.